The molecule has 0 atom stereocenters. The first kappa shape index (κ1) is 25.7. The summed E-state index contributed by atoms with van der Waals surface area (Å²) in [7, 11) is 1.71. The number of aromatic nitrogens is 3. The quantitative estimate of drug-likeness (QED) is 0.394. The van der Waals surface area contributed by atoms with Crippen LogP contribution in [-0.4, -0.2) is 50.7 Å². The summed E-state index contributed by atoms with van der Waals surface area (Å²) < 4.78 is 18.0. The average molecular weight is 515 g/mol. The molecule has 0 unspecified atom stereocenters. The van der Waals surface area contributed by atoms with Crippen LogP contribution < -0.4 is 16.3 Å². The van der Waals surface area contributed by atoms with Crippen LogP contribution in [0.25, 0.3) is 28.1 Å². The minimum absolute atomic E-state index is 0.133. The van der Waals surface area contributed by atoms with E-state index < -0.39 is 5.95 Å². The predicted molar refractivity (Wildman–Crippen MR) is 152 cm³/mol. The zero-order valence-corrected chi connectivity index (χ0v) is 22.7. The van der Waals surface area contributed by atoms with Gasteiger partial charge in [0.05, 0.1) is 17.1 Å². The lowest BCUT2D eigenvalue weighted by Gasteiger charge is -2.43. The summed E-state index contributed by atoms with van der Waals surface area (Å²) in [6.07, 6.45) is 3.44. The van der Waals surface area contributed by atoms with Gasteiger partial charge in [0.2, 0.25) is 5.95 Å². The number of nitrogens with two attached hydrogens (primary N) is 1. The molecule has 3 heterocycles. The van der Waals surface area contributed by atoms with Crippen molar-refractivity contribution in [1.82, 2.24) is 19.0 Å². The molecule has 7 nitrogen and oxygen atoms in total. The van der Waals surface area contributed by atoms with Crippen molar-refractivity contribution in [1.29, 1.82) is 0 Å². The van der Waals surface area contributed by atoms with Gasteiger partial charge in [-0.2, -0.15) is 4.39 Å². The molecular formula is C30H35FN6O. The average Bonchev–Trinajstić information content (AvgIpc) is 3.22. The van der Waals surface area contributed by atoms with Gasteiger partial charge in [0.15, 0.2) is 0 Å². The molecule has 2 aromatic heterocycles. The van der Waals surface area contributed by atoms with Gasteiger partial charge in [-0.1, -0.05) is 18.2 Å². The fraction of sp³-hybridized carbons (Fsp3) is 0.333. The second-order valence-corrected chi connectivity index (χ2v) is 11.0. The van der Waals surface area contributed by atoms with E-state index in [-0.39, 0.29) is 11.2 Å². The molecule has 38 heavy (non-hydrogen) atoms. The van der Waals surface area contributed by atoms with E-state index in [1.54, 1.807) is 24.0 Å². The topological polar surface area (TPSA) is 72.3 Å². The standard InChI is InChI=1S/C30H35FN6O/c1-20-17-22(9-10-25(20)37-16-11-34(5)29(37)38)28-27(32)24(19-26(31)33-28)21-7-6-8-23(18-21)35-12-14-36(15-13-35)30(2,3)4/h6-11,16-19H,12-15,32H2,1-5H3. The first-order valence-corrected chi connectivity index (χ1v) is 12.9. The Morgan fingerprint density at radius 1 is 0.947 bits per heavy atom. The summed E-state index contributed by atoms with van der Waals surface area (Å²) in [4.78, 5) is 21.4. The van der Waals surface area contributed by atoms with Crippen LogP contribution in [0.2, 0.25) is 0 Å². The SMILES string of the molecule is Cc1cc(-c2nc(F)cc(-c3cccc(N4CCN(C(C)(C)C)CC4)c3)c2N)ccc1-n1ccn(C)c1=O. The Hall–Kier alpha value is -3.91. The summed E-state index contributed by atoms with van der Waals surface area (Å²) in [5.41, 5.74) is 12.3. The molecule has 2 aromatic carbocycles. The Balaban J connectivity index is 1.47. The molecule has 8 heteroatoms. The smallest absolute Gasteiger partial charge is 0.332 e. The third-order valence-corrected chi connectivity index (χ3v) is 7.45. The van der Waals surface area contributed by atoms with Crippen molar-refractivity contribution in [3.63, 3.8) is 0 Å². The first-order chi connectivity index (χ1) is 18.0. The maximum atomic E-state index is 14.9. The molecule has 0 radical (unpaired) electrons. The Bertz CT molecular complexity index is 1540. The number of hydrogen-bond donors (Lipinski definition) is 1. The van der Waals surface area contributed by atoms with Crippen LogP contribution in [0.4, 0.5) is 15.8 Å². The van der Waals surface area contributed by atoms with Gasteiger partial charge in [0, 0.05) is 74.0 Å². The maximum Gasteiger partial charge on any atom is 0.332 e. The lowest BCUT2D eigenvalue weighted by Crippen LogP contribution is -2.53. The summed E-state index contributed by atoms with van der Waals surface area (Å²) in [5.74, 6) is -0.589. The van der Waals surface area contributed by atoms with E-state index in [2.05, 4.69) is 47.7 Å². The Labute approximate surface area is 223 Å². The number of anilines is 2. The van der Waals surface area contributed by atoms with Gasteiger partial charge in [-0.05, 0) is 63.1 Å². The number of benzene rings is 2. The lowest BCUT2D eigenvalue weighted by molar-refractivity contribution is 0.128. The second-order valence-electron chi connectivity index (χ2n) is 11.0. The number of nitrogen functional groups attached to an aromatic ring is 1. The normalized spacial score (nSPS) is 14.7. The molecular weight excluding hydrogens is 479 g/mol. The predicted octanol–water partition coefficient (Wildman–Crippen LogP) is 4.86. The maximum absolute atomic E-state index is 14.9. The fourth-order valence-electron chi connectivity index (χ4n) is 5.21. The zero-order chi connectivity index (χ0) is 27.2. The van der Waals surface area contributed by atoms with Gasteiger partial charge in [0.25, 0.3) is 0 Å². The molecule has 1 fully saturated rings. The van der Waals surface area contributed by atoms with Crippen LogP contribution in [0.5, 0.6) is 0 Å². The molecule has 0 spiro atoms. The van der Waals surface area contributed by atoms with Crippen LogP contribution in [0, 0.1) is 12.9 Å². The number of hydrogen-bond acceptors (Lipinski definition) is 5. The highest BCUT2D eigenvalue weighted by Crippen LogP contribution is 2.36. The van der Waals surface area contributed by atoms with E-state index in [0.717, 1.165) is 48.7 Å². The summed E-state index contributed by atoms with van der Waals surface area (Å²) >= 11 is 0. The third kappa shape index (κ3) is 4.84. The number of imidazole rings is 1. The van der Waals surface area contributed by atoms with Crippen molar-refractivity contribution in [2.24, 2.45) is 7.05 Å². The highest BCUT2D eigenvalue weighted by atomic mass is 19.1. The third-order valence-electron chi connectivity index (χ3n) is 7.45. The largest absolute Gasteiger partial charge is 0.396 e. The molecule has 1 aliphatic rings. The number of nitrogens with zero attached hydrogens (tertiary/aromatic N) is 5. The van der Waals surface area contributed by atoms with Crippen LogP contribution in [0.15, 0.2) is 65.7 Å². The van der Waals surface area contributed by atoms with Crippen molar-refractivity contribution < 1.29 is 4.39 Å². The van der Waals surface area contributed by atoms with E-state index in [1.165, 1.54) is 10.6 Å². The molecule has 0 saturated carbocycles. The van der Waals surface area contributed by atoms with E-state index in [1.807, 2.05) is 37.3 Å². The van der Waals surface area contributed by atoms with E-state index in [9.17, 15) is 9.18 Å². The molecule has 198 valence electrons. The van der Waals surface area contributed by atoms with Crippen molar-refractivity contribution >= 4 is 11.4 Å². The van der Waals surface area contributed by atoms with Crippen molar-refractivity contribution in [2.75, 3.05) is 36.8 Å². The number of halogens is 1. The number of pyridine rings is 1. The molecule has 0 aliphatic carbocycles. The Morgan fingerprint density at radius 3 is 2.32 bits per heavy atom. The number of piperazine rings is 1. The Morgan fingerprint density at radius 2 is 1.68 bits per heavy atom. The minimum atomic E-state index is -0.589. The van der Waals surface area contributed by atoms with Gasteiger partial charge in [0.1, 0.15) is 0 Å². The highest BCUT2D eigenvalue weighted by Gasteiger charge is 2.26. The fourth-order valence-corrected chi connectivity index (χ4v) is 5.21. The minimum Gasteiger partial charge on any atom is -0.396 e. The summed E-state index contributed by atoms with van der Waals surface area (Å²) in [6.45, 7) is 12.5. The van der Waals surface area contributed by atoms with E-state index in [0.29, 0.717) is 22.5 Å². The van der Waals surface area contributed by atoms with Crippen molar-refractivity contribution in [2.45, 2.75) is 33.2 Å². The zero-order valence-electron chi connectivity index (χ0n) is 22.7. The molecule has 4 aromatic rings. The molecule has 2 N–H and O–H groups in total. The van der Waals surface area contributed by atoms with Crippen LogP contribution >= 0.6 is 0 Å². The van der Waals surface area contributed by atoms with Crippen LogP contribution in [0.3, 0.4) is 0 Å². The second kappa shape index (κ2) is 9.76. The molecule has 0 amide bonds. The number of rotatable bonds is 4. The molecule has 1 aliphatic heterocycles. The van der Waals surface area contributed by atoms with Crippen LogP contribution in [0.1, 0.15) is 26.3 Å². The lowest BCUT2D eigenvalue weighted by atomic mass is 9.98. The summed E-state index contributed by atoms with van der Waals surface area (Å²) in [6, 6.07) is 15.1. The van der Waals surface area contributed by atoms with Gasteiger partial charge in [-0.3, -0.25) is 9.47 Å². The summed E-state index contributed by atoms with van der Waals surface area (Å²) in [5, 5.41) is 0. The molecule has 5 rings (SSSR count). The molecule has 0 bridgehead atoms. The van der Waals surface area contributed by atoms with Crippen molar-refractivity contribution in [3.05, 3.63) is 82.9 Å². The van der Waals surface area contributed by atoms with Crippen molar-refractivity contribution in [3.8, 4) is 28.1 Å². The van der Waals surface area contributed by atoms with E-state index >= 15 is 0 Å². The van der Waals surface area contributed by atoms with Gasteiger partial charge >= 0.3 is 5.69 Å². The van der Waals surface area contributed by atoms with E-state index in [4.69, 9.17) is 5.73 Å². The monoisotopic (exact) mass is 514 g/mol. The van der Waals surface area contributed by atoms with Gasteiger partial charge in [-0.25, -0.2) is 9.78 Å². The Kier molecular flexibility index (Phi) is 6.61. The molecule has 1 saturated heterocycles. The van der Waals surface area contributed by atoms with Gasteiger partial charge < -0.3 is 15.2 Å². The van der Waals surface area contributed by atoms with Crippen LogP contribution in [-0.2, 0) is 7.05 Å². The van der Waals surface area contributed by atoms with Gasteiger partial charge in [-0.15, -0.1) is 0 Å². The highest BCUT2D eigenvalue weighted by molar-refractivity contribution is 5.87. The first-order valence-electron chi connectivity index (χ1n) is 12.9. The number of aryl methyl sites for hydroxylation is 2.